The van der Waals surface area contributed by atoms with E-state index in [0.717, 1.165) is 0 Å². The molecule has 2 aromatic rings. The topological polar surface area (TPSA) is 37.5 Å². The number of hydrogen-bond acceptors (Lipinski definition) is 3. The fraction of sp³-hybridized carbons (Fsp3) is 0. The maximum absolute atomic E-state index is 13.2. The first-order valence-electron chi connectivity index (χ1n) is 4.74. The molecular formula is C11H6F4N2O. The molecule has 0 aliphatic rings. The average molecular weight is 258 g/mol. The van der Waals surface area contributed by atoms with Crippen LogP contribution in [0.25, 0.3) is 0 Å². The van der Waals surface area contributed by atoms with E-state index >= 15 is 0 Å². The van der Waals surface area contributed by atoms with Crippen LogP contribution in [0.3, 0.4) is 0 Å². The van der Waals surface area contributed by atoms with E-state index in [-0.39, 0.29) is 6.07 Å². The highest BCUT2D eigenvalue weighted by Crippen LogP contribution is 2.23. The standard InChI is InChI=1S/C11H6F4N2O/c12-7-3-8(13)10(15)11(9(7)14)17-16-4-6-1-2-18-5-6/h1-5,17H. The van der Waals surface area contributed by atoms with Crippen LogP contribution < -0.4 is 5.43 Å². The number of hydrazone groups is 1. The van der Waals surface area contributed by atoms with Crippen LogP contribution in [0.2, 0.25) is 0 Å². The first-order valence-corrected chi connectivity index (χ1v) is 4.74. The van der Waals surface area contributed by atoms with Crippen molar-refractivity contribution in [2.75, 3.05) is 5.43 Å². The Morgan fingerprint density at radius 1 is 1.11 bits per heavy atom. The summed E-state index contributed by atoms with van der Waals surface area (Å²) in [6, 6.07) is 1.65. The van der Waals surface area contributed by atoms with E-state index in [4.69, 9.17) is 4.42 Å². The molecule has 94 valence electrons. The Morgan fingerprint density at radius 3 is 2.33 bits per heavy atom. The molecule has 0 amide bonds. The molecule has 1 N–H and O–H groups in total. The van der Waals surface area contributed by atoms with Gasteiger partial charge in [0.25, 0.3) is 0 Å². The second kappa shape index (κ2) is 4.91. The van der Waals surface area contributed by atoms with Crippen LogP contribution in [0, 0.1) is 23.3 Å². The smallest absolute Gasteiger partial charge is 0.186 e. The third-order valence-electron chi connectivity index (χ3n) is 2.04. The number of hydrogen-bond donors (Lipinski definition) is 1. The van der Waals surface area contributed by atoms with Crippen LogP contribution in [-0.2, 0) is 0 Å². The van der Waals surface area contributed by atoms with E-state index in [1.54, 1.807) is 0 Å². The molecule has 3 nitrogen and oxygen atoms in total. The largest absolute Gasteiger partial charge is 0.472 e. The zero-order valence-electron chi connectivity index (χ0n) is 8.75. The van der Waals surface area contributed by atoms with E-state index in [0.29, 0.717) is 5.56 Å². The molecule has 1 aromatic carbocycles. The zero-order chi connectivity index (χ0) is 13.1. The summed E-state index contributed by atoms with van der Waals surface area (Å²) in [5.41, 5.74) is 1.42. The molecule has 1 heterocycles. The predicted octanol–water partition coefficient (Wildman–Crippen LogP) is 3.28. The molecule has 0 saturated heterocycles. The van der Waals surface area contributed by atoms with Gasteiger partial charge in [-0.2, -0.15) is 5.10 Å². The second-order valence-corrected chi connectivity index (χ2v) is 3.27. The van der Waals surface area contributed by atoms with Gasteiger partial charge in [0.15, 0.2) is 23.3 Å². The lowest BCUT2D eigenvalue weighted by Gasteiger charge is -2.05. The molecule has 0 aliphatic heterocycles. The van der Waals surface area contributed by atoms with Crippen LogP contribution in [0.15, 0.2) is 34.2 Å². The average Bonchev–Trinajstić information content (AvgIpc) is 2.84. The van der Waals surface area contributed by atoms with Gasteiger partial charge in [-0.25, -0.2) is 17.6 Å². The van der Waals surface area contributed by atoms with E-state index in [1.165, 1.54) is 24.8 Å². The molecule has 2 rings (SSSR count). The molecule has 0 atom stereocenters. The molecule has 7 heteroatoms. The minimum atomic E-state index is -1.54. The SMILES string of the molecule is Fc1cc(F)c(F)c(NN=Cc2ccoc2)c1F. The van der Waals surface area contributed by atoms with Crippen molar-refractivity contribution in [3.63, 3.8) is 0 Å². The Labute approximate surface area is 98.7 Å². The molecule has 0 saturated carbocycles. The minimum Gasteiger partial charge on any atom is -0.472 e. The number of halogens is 4. The summed E-state index contributed by atoms with van der Waals surface area (Å²) in [7, 11) is 0. The van der Waals surface area contributed by atoms with Crippen molar-refractivity contribution in [3.8, 4) is 0 Å². The van der Waals surface area contributed by atoms with Gasteiger partial charge in [-0.05, 0) is 6.07 Å². The molecule has 0 bridgehead atoms. The Morgan fingerprint density at radius 2 is 1.78 bits per heavy atom. The van der Waals surface area contributed by atoms with Crippen molar-refractivity contribution in [2.45, 2.75) is 0 Å². The highest BCUT2D eigenvalue weighted by molar-refractivity contribution is 5.79. The highest BCUT2D eigenvalue weighted by atomic mass is 19.2. The Bertz CT molecular complexity index is 555. The second-order valence-electron chi connectivity index (χ2n) is 3.27. The van der Waals surface area contributed by atoms with Gasteiger partial charge in [0.1, 0.15) is 5.69 Å². The van der Waals surface area contributed by atoms with Crippen LogP contribution in [0.4, 0.5) is 23.2 Å². The third-order valence-corrected chi connectivity index (χ3v) is 2.04. The monoisotopic (exact) mass is 258 g/mol. The van der Waals surface area contributed by atoms with Gasteiger partial charge in [0.05, 0.1) is 18.7 Å². The molecule has 0 aliphatic carbocycles. The lowest BCUT2D eigenvalue weighted by atomic mass is 10.2. The lowest BCUT2D eigenvalue weighted by molar-refractivity contribution is 0.458. The number of nitrogens with one attached hydrogen (secondary N) is 1. The summed E-state index contributed by atoms with van der Waals surface area (Å²) in [5, 5.41) is 3.44. The summed E-state index contributed by atoms with van der Waals surface area (Å²) < 4.78 is 56.7. The summed E-state index contributed by atoms with van der Waals surface area (Å²) in [6.45, 7) is 0. The van der Waals surface area contributed by atoms with Crippen LogP contribution >= 0.6 is 0 Å². The Hall–Kier alpha value is -2.31. The van der Waals surface area contributed by atoms with E-state index in [1.807, 2.05) is 5.43 Å². The number of benzene rings is 1. The van der Waals surface area contributed by atoms with Crippen LogP contribution in [0.5, 0.6) is 0 Å². The fourth-order valence-electron chi connectivity index (χ4n) is 1.19. The van der Waals surface area contributed by atoms with Crippen molar-refractivity contribution in [1.29, 1.82) is 0 Å². The van der Waals surface area contributed by atoms with E-state index < -0.39 is 29.0 Å². The van der Waals surface area contributed by atoms with Gasteiger partial charge in [0.2, 0.25) is 0 Å². The Kier molecular flexibility index (Phi) is 3.31. The van der Waals surface area contributed by atoms with Crippen LogP contribution in [-0.4, -0.2) is 6.21 Å². The predicted molar refractivity (Wildman–Crippen MR) is 56.2 cm³/mol. The Balaban J connectivity index is 2.24. The summed E-state index contributed by atoms with van der Waals surface area (Å²) in [6.07, 6.45) is 3.86. The number of anilines is 1. The first-order chi connectivity index (χ1) is 8.59. The van der Waals surface area contributed by atoms with Crippen molar-refractivity contribution in [1.82, 2.24) is 0 Å². The minimum absolute atomic E-state index is 0.121. The quantitative estimate of drug-likeness (QED) is 0.397. The third kappa shape index (κ3) is 2.34. The van der Waals surface area contributed by atoms with Gasteiger partial charge >= 0.3 is 0 Å². The normalized spacial score (nSPS) is 11.1. The van der Waals surface area contributed by atoms with Crippen molar-refractivity contribution in [2.24, 2.45) is 5.10 Å². The van der Waals surface area contributed by atoms with Crippen molar-refractivity contribution < 1.29 is 22.0 Å². The van der Waals surface area contributed by atoms with Gasteiger partial charge in [0, 0.05) is 11.6 Å². The summed E-state index contributed by atoms with van der Waals surface area (Å²) in [4.78, 5) is 0. The van der Waals surface area contributed by atoms with Crippen LogP contribution in [0.1, 0.15) is 5.56 Å². The molecular weight excluding hydrogens is 252 g/mol. The fourth-order valence-corrected chi connectivity index (χ4v) is 1.19. The molecule has 0 spiro atoms. The van der Waals surface area contributed by atoms with Gasteiger partial charge in [-0.3, -0.25) is 5.43 Å². The van der Waals surface area contributed by atoms with Crippen molar-refractivity contribution >= 4 is 11.9 Å². The van der Waals surface area contributed by atoms with Crippen molar-refractivity contribution in [3.05, 3.63) is 53.5 Å². The van der Waals surface area contributed by atoms with Gasteiger partial charge in [-0.15, -0.1) is 0 Å². The molecule has 0 unspecified atom stereocenters. The molecule has 18 heavy (non-hydrogen) atoms. The first kappa shape index (κ1) is 12.2. The summed E-state index contributed by atoms with van der Waals surface area (Å²) >= 11 is 0. The van der Waals surface area contributed by atoms with E-state index in [9.17, 15) is 17.6 Å². The van der Waals surface area contributed by atoms with Gasteiger partial charge < -0.3 is 4.42 Å². The highest BCUT2D eigenvalue weighted by Gasteiger charge is 2.18. The molecule has 0 fully saturated rings. The lowest BCUT2D eigenvalue weighted by Crippen LogP contribution is -2.02. The maximum Gasteiger partial charge on any atom is 0.186 e. The zero-order valence-corrected chi connectivity index (χ0v) is 8.75. The number of nitrogens with zero attached hydrogens (tertiary/aromatic N) is 1. The summed E-state index contributed by atoms with van der Waals surface area (Å²) in [5.74, 6) is -6.10. The number of furan rings is 1. The molecule has 0 radical (unpaired) electrons. The molecule has 1 aromatic heterocycles. The maximum atomic E-state index is 13.2. The van der Waals surface area contributed by atoms with Gasteiger partial charge in [-0.1, -0.05) is 0 Å². The number of rotatable bonds is 3. The van der Waals surface area contributed by atoms with E-state index in [2.05, 4.69) is 5.10 Å².